The van der Waals surface area contributed by atoms with Gasteiger partial charge in [0.2, 0.25) is 0 Å². The number of esters is 2. The first kappa shape index (κ1) is 22.2. The zero-order valence-corrected chi connectivity index (χ0v) is 18.6. The molecule has 6 heteroatoms. The van der Waals surface area contributed by atoms with Crippen LogP contribution in [0.15, 0.2) is 71.3 Å². The molecule has 0 aromatic carbocycles. The maximum atomic E-state index is 11.6. The Labute approximate surface area is 188 Å². The van der Waals surface area contributed by atoms with Gasteiger partial charge in [0.15, 0.2) is 0 Å². The molecule has 4 atom stereocenters. The minimum Gasteiger partial charge on any atom is -0.494 e. The van der Waals surface area contributed by atoms with E-state index in [1.54, 1.807) is 12.2 Å². The first-order chi connectivity index (χ1) is 15.5. The van der Waals surface area contributed by atoms with Gasteiger partial charge in [0.25, 0.3) is 0 Å². The summed E-state index contributed by atoms with van der Waals surface area (Å²) in [6, 6.07) is 0. The van der Waals surface area contributed by atoms with Crippen LogP contribution in [0.2, 0.25) is 0 Å². The predicted molar refractivity (Wildman–Crippen MR) is 119 cm³/mol. The van der Waals surface area contributed by atoms with Gasteiger partial charge in [0, 0.05) is 24.0 Å². The molecule has 4 rings (SSSR count). The number of hydrogen-bond acceptors (Lipinski definition) is 6. The van der Waals surface area contributed by atoms with Crippen LogP contribution in [-0.2, 0) is 28.5 Å². The highest BCUT2D eigenvalue weighted by Gasteiger charge is 2.31. The molecule has 0 N–H and O–H groups in total. The molecule has 0 aromatic heterocycles. The van der Waals surface area contributed by atoms with Crippen molar-refractivity contribution >= 4 is 11.9 Å². The standard InChI is InChI=1S/C26H30O6/c1-17-13-25(27)31-23-15-19(7-9-21(17)23)29-11-5-3-4-6-12-30-20-8-10-22-18(2)14-26(28)32-24(22)16-20/h7-10,13-16,21-24H,3-6,11-12H2,1-2H3/t21-,22+,23-,24-/m1/s1. The zero-order valence-electron chi connectivity index (χ0n) is 18.6. The largest absolute Gasteiger partial charge is 0.494 e. The van der Waals surface area contributed by atoms with E-state index in [9.17, 15) is 9.59 Å². The number of carbonyl (C=O) groups excluding carboxylic acids is 2. The number of fused-ring (bicyclic) bond motifs is 2. The molecule has 0 fully saturated rings. The Balaban J connectivity index is 1.09. The molecule has 0 saturated heterocycles. The van der Waals surface area contributed by atoms with E-state index in [-0.39, 0.29) is 36.0 Å². The van der Waals surface area contributed by atoms with Crippen molar-refractivity contribution in [2.45, 2.75) is 51.7 Å². The number of hydrogen-bond donors (Lipinski definition) is 0. The Morgan fingerprint density at radius 2 is 1.16 bits per heavy atom. The summed E-state index contributed by atoms with van der Waals surface area (Å²) in [6.45, 7) is 5.16. The summed E-state index contributed by atoms with van der Waals surface area (Å²) in [4.78, 5) is 23.2. The number of ether oxygens (including phenoxy) is 4. The number of rotatable bonds is 9. The summed E-state index contributed by atoms with van der Waals surface area (Å²) in [5, 5.41) is 0. The van der Waals surface area contributed by atoms with Crippen LogP contribution in [0.4, 0.5) is 0 Å². The lowest BCUT2D eigenvalue weighted by atomic mass is 9.88. The van der Waals surface area contributed by atoms with E-state index in [4.69, 9.17) is 18.9 Å². The normalized spacial score (nSPS) is 28.3. The van der Waals surface area contributed by atoms with Crippen LogP contribution < -0.4 is 0 Å². The molecule has 0 aromatic rings. The maximum Gasteiger partial charge on any atom is 0.331 e. The third-order valence-electron chi connectivity index (χ3n) is 6.12. The molecule has 4 aliphatic rings. The molecule has 6 nitrogen and oxygen atoms in total. The molecule has 0 saturated carbocycles. The van der Waals surface area contributed by atoms with Crippen LogP contribution in [0.3, 0.4) is 0 Å². The fourth-order valence-electron chi connectivity index (χ4n) is 4.33. The maximum absolute atomic E-state index is 11.6. The lowest BCUT2D eigenvalue weighted by molar-refractivity contribution is -0.144. The van der Waals surface area contributed by atoms with E-state index >= 15 is 0 Å². The Hall–Kier alpha value is -3.02. The average molecular weight is 439 g/mol. The minimum absolute atomic E-state index is 0.116. The van der Waals surface area contributed by atoms with E-state index in [1.807, 2.05) is 50.3 Å². The monoisotopic (exact) mass is 438 g/mol. The SMILES string of the molecule is CC1=CC(=O)O[C@@H]2C=C(OCCCCCCOC3=C[C@H]4OC(=O)C=C(C)[C@@H]4C=C3)C=C[C@H]12. The van der Waals surface area contributed by atoms with Gasteiger partial charge in [0.1, 0.15) is 23.7 Å². The molecule has 2 heterocycles. The molecule has 0 radical (unpaired) electrons. The van der Waals surface area contributed by atoms with Crippen LogP contribution >= 0.6 is 0 Å². The van der Waals surface area contributed by atoms with Crippen molar-refractivity contribution in [1.29, 1.82) is 0 Å². The van der Waals surface area contributed by atoms with Gasteiger partial charge in [-0.15, -0.1) is 0 Å². The molecule has 170 valence electrons. The number of carbonyl (C=O) groups is 2. The van der Waals surface area contributed by atoms with E-state index in [0.717, 1.165) is 48.3 Å². The first-order valence-corrected chi connectivity index (χ1v) is 11.3. The highest BCUT2D eigenvalue weighted by molar-refractivity contribution is 5.85. The van der Waals surface area contributed by atoms with Crippen LogP contribution in [-0.4, -0.2) is 37.4 Å². The summed E-state index contributed by atoms with van der Waals surface area (Å²) >= 11 is 0. The van der Waals surface area contributed by atoms with Gasteiger partial charge in [-0.2, -0.15) is 0 Å². The zero-order chi connectivity index (χ0) is 22.5. The van der Waals surface area contributed by atoms with Crippen LogP contribution in [0.1, 0.15) is 39.5 Å². The molecule has 2 aliphatic heterocycles. The smallest absolute Gasteiger partial charge is 0.331 e. The van der Waals surface area contributed by atoms with Gasteiger partial charge in [0.05, 0.1) is 13.2 Å². The quantitative estimate of drug-likeness (QED) is 0.391. The fourth-order valence-corrected chi connectivity index (χ4v) is 4.33. The van der Waals surface area contributed by atoms with Crippen molar-refractivity contribution in [3.05, 3.63) is 71.3 Å². The van der Waals surface area contributed by atoms with Gasteiger partial charge in [-0.1, -0.05) is 23.3 Å². The lowest BCUT2D eigenvalue weighted by Crippen LogP contribution is -2.31. The third kappa shape index (κ3) is 5.42. The Morgan fingerprint density at radius 3 is 1.59 bits per heavy atom. The average Bonchev–Trinajstić information content (AvgIpc) is 2.74. The fraction of sp³-hybridized carbons (Fsp3) is 0.462. The summed E-state index contributed by atoms with van der Waals surface area (Å²) in [6.07, 6.45) is 18.4. The molecular formula is C26H30O6. The van der Waals surface area contributed by atoms with Gasteiger partial charge in [-0.25, -0.2) is 9.59 Å². The van der Waals surface area contributed by atoms with Crippen LogP contribution in [0.5, 0.6) is 0 Å². The van der Waals surface area contributed by atoms with Crippen molar-refractivity contribution in [1.82, 2.24) is 0 Å². The Morgan fingerprint density at radius 1 is 0.719 bits per heavy atom. The summed E-state index contributed by atoms with van der Waals surface area (Å²) < 4.78 is 22.4. The van der Waals surface area contributed by atoms with E-state index < -0.39 is 0 Å². The lowest BCUT2D eigenvalue weighted by Gasteiger charge is -2.29. The van der Waals surface area contributed by atoms with Crippen molar-refractivity contribution in [3.8, 4) is 0 Å². The van der Waals surface area contributed by atoms with Crippen LogP contribution in [0.25, 0.3) is 0 Å². The van der Waals surface area contributed by atoms with E-state index in [2.05, 4.69) is 0 Å². The Bertz CT molecular complexity index is 856. The molecular weight excluding hydrogens is 408 g/mol. The Kier molecular flexibility index (Phi) is 6.98. The topological polar surface area (TPSA) is 71.1 Å². The van der Waals surface area contributed by atoms with Gasteiger partial charge in [-0.3, -0.25) is 0 Å². The van der Waals surface area contributed by atoms with Gasteiger partial charge >= 0.3 is 11.9 Å². The number of allylic oxidation sites excluding steroid dienone is 2. The highest BCUT2D eigenvalue weighted by Crippen LogP contribution is 2.31. The van der Waals surface area contributed by atoms with Crippen molar-refractivity contribution in [2.24, 2.45) is 11.8 Å². The second kappa shape index (κ2) is 10.1. The van der Waals surface area contributed by atoms with Crippen LogP contribution in [0, 0.1) is 11.8 Å². The summed E-state index contributed by atoms with van der Waals surface area (Å²) in [5.41, 5.74) is 2.04. The second-order valence-electron chi connectivity index (χ2n) is 8.60. The van der Waals surface area contributed by atoms with Crippen molar-refractivity contribution in [2.75, 3.05) is 13.2 Å². The minimum atomic E-state index is -0.289. The molecule has 0 spiro atoms. The van der Waals surface area contributed by atoms with E-state index in [0.29, 0.717) is 13.2 Å². The van der Waals surface area contributed by atoms with E-state index in [1.165, 1.54) is 0 Å². The summed E-state index contributed by atoms with van der Waals surface area (Å²) in [5.74, 6) is 1.18. The summed E-state index contributed by atoms with van der Waals surface area (Å²) in [7, 11) is 0. The molecule has 32 heavy (non-hydrogen) atoms. The molecule has 0 bridgehead atoms. The number of unbranched alkanes of at least 4 members (excludes halogenated alkanes) is 3. The third-order valence-corrected chi connectivity index (χ3v) is 6.12. The van der Waals surface area contributed by atoms with Crippen molar-refractivity contribution < 1.29 is 28.5 Å². The highest BCUT2D eigenvalue weighted by atomic mass is 16.6. The molecule has 0 amide bonds. The van der Waals surface area contributed by atoms with Gasteiger partial charge < -0.3 is 18.9 Å². The second-order valence-corrected chi connectivity index (χ2v) is 8.60. The van der Waals surface area contributed by atoms with Crippen molar-refractivity contribution in [3.63, 3.8) is 0 Å². The molecule has 2 aliphatic carbocycles. The molecule has 0 unspecified atom stereocenters. The first-order valence-electron chi connectivity index (χ1n) is 11.3. The van der Waals surface area contributed by atoms with Gasteiger partial charge in [-0.05, 0) is 63.8 Å². The predicted octanol–water partition coefficient (Wildman–Crippen LogP) is 4.46.